The summed E-state index contributed by atoms with van der Waals surface area (Å²) in [5.41, 5.74) is 2.68. The number of rotatable bonds is 40. The minimum Gasteiger partial charge on any atom is -0.396 e. The van der Waals surface area contributed by atoms with Crippen LogP contribution in [0.5, 0.6) is 0 Å². The molecule has 0 bridgehead atoms. The lowest BCUT2D eigenvalue weighted by Gasteiger charge is -2.07. The largest absolute Gasteiger partial charge is 0.396 e. The highest BCUT2D eigenvalue weighted by molar-refractivity contribution is 4.52. The molecule has 260 valence electrons. The van der Waals surface area contributed by atoms with Crippen LogP contribution in [0, 0.1) is 0 Å². The molecular weight excluding hydrogens is 534 g/mol. The fourth-order valence-electron chi connectivity index (χ4n) is 6.00. The van der Waals surface area contributed by atoms with Gasteiger partial charge in [-0.15, -0.1) is 0 Å². The molecule has 0 saturated carbocycles. The van der Waals surface area contributed by atoms with Crippen molar-refractivity contribution in [2.75, 3.05) is 26.4 Å². The lowest BCUT2D eigenvalue weighted by Crippen LogP contribution is -2.16. The molecule has 0 fully saturated rings. The SMILES string of the molecule is OCCCCCCCCCCCCCCCCCCCONOCCCCCCCCCCCCCCCCCCCO. The number of hydrogen-bond acceptors (Lipinski definition) is 5. The first-order chi connectivity index (χ1) is 21.4. The van der Waals surface area contributed by atoms with Gasteiger partial charge in [-0.1, -0.05) is 198 Å². The van der Waals surface area contributed by atoms with Crippen LogP contribution in [0.25, 0.3) is 0 Å². The predicted molar refractivity (Wildman–Crippen MR) is 186 cm³/mol. The van der Waals surface area contributed by atoms with Crippen LogP contribution in [0.1, 0.15) is 218 Å². The fraction of sp³-hybridized carbons (Fsp3) is 1.00. The molecule has 0 spiro atoms. The van der Waals surface area contributed by atoms with Gasteiger partial charge in [-0.25, -0.2) is 0 Å². The Bertz CT molecular complexity index is 425. The van der Waals surface area contributed by atoms with Gasteiger partial charge < -0.3 is 10.2 Å². The van der Waals surface area contributed by atoms with Gasteiger partial charge in [0.1, 0.15) is 0 Å². The molecule has 0 radical (unpaired) electrons. The van der Waals surface area contributed by atoms with E-state index >= 15 is 0 Å². The van der Waals surface area contributed by atoms with Crippen molar-refractivity contribution in [2.24, 2.45) is 0 Å². The molecule has 0 saturated heterocycles. The summed E-state index contributed by atoms with van der Waals surface area (Å²) in [6.45, 7) is 2.21. The number of nitrogens with one attached hydrogen (secondary N) is 1. The quantitative estimate of drug-likeness (QED) is 0.0473. The monoisotopic (exact) mass is 614 g/mol. The van der Waals surface area contributed by atoms with Crippen LogP contribution < -0.4 is 5.64 Å². The molecular formula is C38H79NO4. The molecule has 0 atom stereocenters. The smallest absolute Gasteiger partial charge is 0.0709 e. The van der Waals surface area contributed by atoms with Gasteiger partial charge in [0, 0.05) is 13.2 Å². The van der Waals surface area contributed by atoms with Gasteiger partial charge >= 0.3 is 0 Å². The van der Waals surface area contributed by atoms with Crippen molar-refractivity contribution in [3.05, 3.63) is 0 Å². The first-order valence-corrected chi connectivity index (χ1v) is 19.6. The molecule has 0 aromatic carbocycles. The van der Waals surface area contributed by atoms with E-state index in [9.17, 15) is 0 Å². The van der Waals surface area contributed by atoms with E-state index in [4.69, 9.17) is 19.9 Å². The summed E-state index contributed by atoms with van der Waals surface area (Å²) in [6, 6.07) is 0. The molecule has 0 unspecified atom stereocenters. The van der Waals surface area contributed by atoms with Crippen molar-refractivity contribution >= 4 is 0 Å². The van der Waals surface area contributed by atoms with Gasteiger partial charge in [-0.2, -0.15) is 0 Å². The van der Waals surface area contributed by atoms with Gasteiger partial charge in [0.05, 0.1) is 13.2 Å². The van der Waals surface area contributed by atoms with E-state index in [1.54, 1.807) is 0 Å². The van der Waals surface area contributed by atoms with Crippen molar-refractivity contribution in [2.45, 2.75) is 218 Å². The molecule has 43 heavy (non-hydrogen) atoms. The lowest BCUT2D eigenvalue weighted by atomic mass is 10.0. The van der Waals surface area contributed by atoms with Crippen LogP contribution in [-0.4, -0.2) is 36.6 Å². The first-order valence-electron chi connectivity index (χ1n) is 19.6. The standard InChI is InChI=1S/C38H79NO4/c40-35-31-27-23-19-15-11-7-3-1-5-9-13-17-21-25-29-33-37-42-39-43-38-34-30-26-22-18-14-10-6-2-4-8-12-16-20-24-28-32-36-41/h39-41H,1-38H2. The second kappa shape index (κ2) is 41.8. The Morgan fingerprint density at radius 1 is 0.233 bits per heavy atom. The third kappa shape index (κ3) is 41.8. The maximum absolute atomic E-state index is 8.79. The molecule has 0 aliphatic heterocycles. The van der Waals surface area contributed by atoms with Crippen molar-refractivity contribution in [1.29, 1.82) is 0 Å². The zero-order valence-electron chi connectivity index (χ0n) is 29.1. The Morgan fingerprint density at radius 3 is 0.581 bits per heavy atom. The topological polar surface area (TPSA) is 71.0 Å². The summed E-state index contributed by atoms with van der Waals surface area (Å²) in [4.78, 5) is 10.8. The predicted octanol–water partition coefficient (Wildman–Crippen LogP) is 11.7. The molecule has 3 N–H and O–H groups in total. The van der Waals surface area contributed by atoms with E-state index in [2.05, 4.69) is 5.64 Å². The van der Waals surface area contributed by atoms with Gasteiger partial charge in [0.25, 0.3) is 0 Å². The van der Waals surface area contributed by atoms with Crippen molar-refractivity contribution < 1.29 is 19.9 Å². The minimum absolute atomic E-state index is 0.361. The Hall–Kier alpha value is -0.200. The summed E-state index contributed by atoms with van der Waals surface area (Å²) >= 11 is 0. The highest BCUT2D eigenvalue weighted by Crippen LogP contribution is 2.15. The average molecular weight is 614 g/mol. The highest BCUT2D eigenvalue weighted by atomic mass is 16.9. The van der Waals surface area contributed by atoms with E-state index in [0.717, 1.165) is 38.9 Å². The normalized spacial score (nSPS) is 11.6. The molecule has 0 aliphatic rings. The third-order valence-corrected chi connectivity index (χ3v) is 8.93. The second-order valence-corrected chi connectivity index (χ2v) is 13.2. The molecule has 5 nitrogen and oxygen atoms in total. The zero-order valence-corrected chi connectivity index (χ0v) is 29.1. The summed E-state index contributed by atoms with van der Waals surface area (Å²) in [5, 5.41) is 17.6. The molecule has 0 aromatic heterocycles. The minimum atomic E-state index is 0.361. The summed E-state index contributed by atoms with van der Waals surface area (Å²) < 4.78 is 0. The number of hydrogen-bond donors (Lipinski definition) is 3. The van der Waals surface area contributed by atoms with E-state index in [1.807, 2.05) is 0 Å². The van der Waals surface area contributed by atoms with Gasteiger partial charge in [-0.05, 0) is 25.7 Å². The zero-order chi connectivity index (χ0) is 31.0. The average Bonchev–Trinajstić information content (AvgIpc) is 3.02. The number of aliphatic hydroxyl groups is 2. The second-order valence-electron chi connectivity index (χ2n) is 13.2. The van der Waals surface area contributed by atoms with Crippen LogP contribution in [-0.2, 0) is 9.68 Å². The van der Waals surface area contributed by atoms with Gasteiger partial charge in [-0.3, -0.25) is 9.68 Å². The number of aliphatic hydroxyl groups excluding tert-OH is 2. The summed E-state index contributed by atoms with van der Waals surface area (Å²) in [6.07, 6.45) is 45.2. The van der Waals surface area contributed by atoms with Crippen LogP contribution in [0.2, 0.25) is 0 Å². The highest BCUT2D eigenvalue weighted by Gasteiger charge is 1.97. The van der Waals surface area contributed by atoms with E-state index < -0.39 is 0 Å². The van der Waals surface area contributed by atoms with Crippen LogP contribution in [0.3, 0.4) is 0 Å². The van der Waals surface area contributed by atoms with Crippen LogP contribution in [0.15, 0.2) is 0 Å². The molecule has 0 aromatic rings. The Balaban J connectivity index is 3.02. The Kier molecular flexibility index (Phi) is 41.6. The van der Waals surface area contributed by atoms with Crippen LogP contribution >= 0.6 is 0 Å². The Labute approximate surface area is 270 Å². The van der Waals surface area contributed by atoms with Gasteiger partial charge in [0.2, 0.25) is 0 Å². The third-order valence-electron chi connectivity index (χ3n) is 8.93. The maximum atomic E-state index is 8.79. The maximum Gasteiger partial charge on any atom is 0.0709 e. The van der Waals surface area contributed by atoms with E-state index in [-0.39, 0.29) is 0 Å². The summed E-state index contributed by atoms with van der Waals surface area (Å²) in [5.74, 6) is 0. The fourth-order valence-corrected chi connectivity index (χ4v) is 6.00. The Morgan fingerprint density at radius 2 is 0.395 bits per heavy atom. The number of unbranched alkanes of at least 4 members (excludes halogenated alkanes) is 32. The molecule has 0 aliphatic carbocycles. The lowest BCUT2D eigenvalue weighted by molar-refractivity contribution is -0.171. The van der Waals surface area contributed by atoms with Crippen molar-refractivity contribution in [1.82, 2.24) is 5.64 Å². The van der Waals surface area contributed by atoms with Crippen molar-refractivity contribution in [3.8, 4) is 0 Å². The van der Waals surface area contributed by atoms with Crippen LogP contribution in [0.4, 0.5) is 0 Å². The molecule has 0 rings (SSSR count). The van der Waals surface area contributed by atoms with E-state index in [1.165, 1.54) is 193 Å². The first kappa shape index (κ1) is 42.8. The van der Waals surface area contributed by atoms with Gasteiger partial charge in [0.15, 0.2) is 0 Å². The van der Waals surface area contributed by atoms with Crippen molar-refractivity contribution in [3.63, 3.8) is 0 Å². The molecule has 5 heteroatoms. The van der Waals surface area contributed by atoms with E-state index in [0.29, 0.717) is 13.2 Å². The summed E-state index contributed by atoms with van der Waals surface area (Å²) in [7, 11) is 0. The molecule has 0 amide bonds. The molecule has 0 heterocycles.